The van der Waals surface area contributed by atoms with Crippen LogP contribution in [-0.2, 0) is 33.4 Å². The summed E-state index contributed by atoms with van der Waals surface area (Å²) in [5.74, 6) is -0.250. The number of fused-ring (bicyclic) bond motifs is 2. The molecule has 0 radical (unpaired) electrons. The predicted molar refractivity (Wildman–Crippen MR) is 122 cm³/mol. The van der Waals surface area contributed by atoms with Gasteiger partial charge in [0.2, 0.25) is 5.91 Å². The maximum Gasteiger partial charge on any atom is 0.417 e. The van der Waals surface area contributed by atoms with Crippen molar-refractivity contribution in [2.75, 3.05) is 59.1 Å². The molecule has 12 heteroatoms. The number of hydrogen-bond acceptors (Lipinski definition) is 7. The molecular formula is C24H32F3N5O4. The molecule has 4 heterocycles. The average Bonchev–Trinajstić information content (AvgIpc) is 3.36. The minimum Gasteiger partial charge on any atom is -0.448 e. The van der Waals surface area contributed by atoms with Crippen molar-refractivity contribution < 1.29 is 32.2 Å². The minimum atomic E-state index is -4.50. The summed E-state index contributed by atoms with van der Waals surface area (Å²) in [4.78, 5) is 36.1. The summed E-state index contributed by atoms with van der Waals surface area (Å²) < 4.78 is 50.4. The smallest absolute Gasteiger partial charge is 0.417 e. The second-order valence-electron chi connectivity index (χ2n) is 10.3. The van der Waals surface area contributed by atoms with Crippen molar-refractivity contribution in [3.05, 3.63) is 29.1 Å². The fraction of sp³-hybridized carbons (Fsp3) is 0.708. The third-order valence-electron chi connectivity index (χ3n) is 7.98. The van der Waals surface area contributed by atoms with Crippen LogP contribution in [0.2, 0.25) is 0 Å². The zero-order valence-electron chi connectivity index (χ0n) is 20.1. The first kappa shape index (κ1) is 25.2. The Bertz CT molecular complexity index is 1000. The third kappa shape index (κ3) is 4.90. The largest absolute Gasteiger partial charge is 0.448 e. The highest BCUT2D eigenvalue weighted by molar-refractivity contribution is 5.86. The van der Waals surface area contributed by atoms with E-state index in [4.69, 9.17) is 15.2 Å². The van der Waals surface area contributed by atoms with Gasteiger partial charge in [0.15, 0.2) is 0 Å². The molecule has 36 heavy (non-hydrogen) atoms. The quantitative estimate of drug-likeness (QED) is 0.654. The number of morpholine rings is 1. The lowest BCUT2D eigenvalue weighted by atomic mass is 9.78. The van der Waals surface area contributed by atoms with Gasteiger partial charge in [-0.3, -0.25) is 14.7 Å². The topological polar surface area (TPSA) is 101 Å². The van der Waals surface area contributed by atoms with E-state index >= 15 is 0 Å². The highest BCUT2D eigenvalue weighted by Gasteiger charge is 2.59. The van der Waals surface area contributed by atoms with Crippen molar-refractivity contribution in [2.24, 2.45) is 17.1 Å². The molecule has 198 valence electrons. The summed E-state index contributed by atoms with van der Waals surface area (Å²) >= 11 is 0. The van der Waals surface area contributed by atoms with Gasteiger partial charge in [-0.1, -0.05) is 0 Å². The van der Waals surface area contributed by atoms with Gasteiger partial charge in [0.25, 0.3) is 0 Å². The number of nitrogens with zero attached hydrogens (tertiary/aromatic N) is 4. The number of halogens is 3. The number of carbonyl (C=O) groups is 2. The van der Waals surface area contributed by atoms with Crippen LogP contribution in [0.25, 0.3) is 0 Å². The van der Waals surface area contributed by atoms with Crippen molar-refractivity contribution in [3.8, 4) is 0 Å². The molecule has 9 nitrogen and oxygen atoms in total. The van der Waals surface area contributed by atoms with Crippen molar-refractivity contribution in [2.45, 2.75) is 38.0 Å². The molecule has 2 amide bonds. The van der Waals surface area contributed by atoms with E-state index in [1.54, 1.807) is 9.80 Å². The van der Waals surface area contributed by atoms with Crippen LogP contribution in [0.1, 0.15) is 29.7 Å². The van der Waals surface area contributed by atoms with Crippen LogP contribution >= 0.6 is 0 Å². The second-order valence-corrected chi connectivity index (χ2v) is 10.3. The summed E-state index contributed by atoms with van der Waals surface area (Å²) in [6.45, 7) is 4.87. The Morgan fingerprint density at radius 2 is 2.00 bits per heavy atom. The Hall–Kier alpha value is -2.44. The number of ether oxygens (including phenoxy) is 2. The third-order valence-corrected chi connectivity index (χ3v) is 7.98. The summed E-state index contributed by atoms with van der Waals surface area (Å²) in [6, 6.07) is 0.929. The zero-order valence-corrected chi connectivity index (χ0v) is 20.1. The lowest BCUT2D eigenvalue weighted by Crippen LogP contribution is -2.49. The fourth-order valence-corrected chi connectivity index (χ4v) is 6.14. The van der Waals surface area contributed by atoms with Gasteiger partial charge in [0, 0.05) is 70.2 Å². The van der Waals surface area contributed by atoms with Crippen molar-refractivity contribution >= 4 is 12.0 Å². The van der Waals surface area contributed by atoms with Crippen molar-refractivity contribution in [1.82, 2.24) is 19.7 Å². The number of hydrogen-bond donors (Lipinski definition) is 1. The summed E-state index contributed by atoms with van der Waals surface area (Å²) in [5, 5.41) is 0. The van der Waals surface area contributed by atoms with Gasteiger partial charge >= 0.3 is 12.3 Å². The number of aromatic nitrogens is 1. The highest BCUT2D eigenvalue weighted by Crippen LogP contribution is 2.50. The van der Waals surface area contributed by atoms with Crippen LogP contribution in [-0.4, -0.2) is 96.8 Å². The van der Waals surface area contributed by atoms with E-state index < -0.39 is 23.2 Å². The molecule has 1 aliphatic carbocycles. The van der Waals surface area contributed by atoms with Crippen molar-refractivity contribution in [1.29, 1.82) is 0 Å². The fourth-order valence-electron chi connectivity index (χ4n) is 6.14. The zero-order chi connectivity index (χ0) is 25.5. The van der Waals surface area contributed by atoms with Crippen molar-refractivity contribution in [3.63, 3.8) is 0 Å². The molecule has 0 spiro atoms. The van der Waals surface area contributed by atoms with E-state index in [1.165, 1.54) is 0 Å². The van der Waals surface area contributed by atoms with Crippen LogP contribution < -0.4 is 5.73 Å². The number of amides is 2. The SMILES string of the molecule is N[C@@H]1C[C@H]2CN(C(=O)OCCN3CCOCC3)C[C@@]2(C(=O)N2CCc3ncc(C(F)(F)F)cc3C2)C1. The van der Waals surface area contributed by atoms with Gasteiger partial charge in [0.05, 0.1) is 24.2 Å². The van der Waals surface area contributed by atoms with Gasteiger partial charge in [0.1, 0.15) is 6.61 Å². The molecule has 3 aliphatic heterocycles. The lowest BCUT2D eigenvalue weighted by molar-refractivity contribution is -0.143. The van der Waals surface area contributed by atoms with Gasteiger partial charge in [-0.15, -0.1) is 0 Å². The van der Waals surface area contributed by atoms with Crippen LogP contribution in [0.15, 0.2) is 12.3 Å². The van der Waals surface area contributed by atoms with E-state index in [0.717, 1.165) is 25.4 Å². The molecule has 3 atom stereocenters. The molecule has 5 rings (SSSR count). The van der Waals surface area contributed by atoms with Crippen LogP contribution in [0, 0.1) is 11.3 Å². The number of alkyl halides is 3. The first-order valence-electron chi connectivity index (χ1n) is 12.5. The van der Waals surface area contributed by atoms with Gasteiger partial charge in [-0.25, -0.2) is 4.79 Å². The van der Waals surface area contributed by atoms with Crippen LogP contribution in [0.5, 0.6) is 0 Å². The highest BCUT2D eigenvalue weighted by atomic mass is 19.4. The van der Waals surface area contributed by atoms with Gasteiger partial charge < -0.3 is 25.0 Å². The first-order chi connectivity index (χ1) is 17.2. The summed E-state index contributed by atoms with van der Waals surface area (Å²) in [5.41, 5.74) is 5.59. The molecule has 2 N–H and O–H groups in total. The molecule has 1 aromatic rings. The number of likely N-dealkylation sites (tertiary alicyclic amines) is 1. The van der Waals surface area contributed by atoms with Crippen LogP contribution in [0.3, 0.4) is 0 Å². The van der Waals surface area contributed by atoms with Gasteiger partial charge in [-0.2, -0.15) is 13.2 Å². The lowest BCUT2D eigenvalue weighted by Gasteiger charge is -2.37. The van der Waals surface area contributed by atoms with Gasteiger partial charge in [-0.05, 0) is 30.4 Å². The van der Waals surface area contributed by atoms with E-state index in [-0.39, 0.29) is 37.6 Å². The maximum absolute atomic E-state index is 13.9. The average molecular weight is 512 g/mol. The molecule has 0 aromatic carbocycles. The molecular weight excluding hydrogens is 479 g/mol. The molecule has 0 bridgehead atoms. The molecule has 1 saturated carbocycles. The Labute approximate surface area is 207 Å². The number of rotatable bonds is 4. The molecule has 4 aliphatic rings. The Morgan fingerprint density at radius 3 is 2.75 bits per heavy atom. The Morgan fingerprint density at radius 1 is 1.22 bits per heavy atom. The van der Waals surface area contributed by atoms with E-state index in [2.05, 4.69) is 9.88 Å². The first-order valence-corrected chi connectivity index (χ1v) is 12.5. The maximum atomic E-state index is 13.9. The second kappa shape index (κ2) is 9.79. The number of nitrogens with two attached hydrogens (primary N) is 1. The monoisotopic (exact) mass is 511 g/mol. The standard InChI is InChI=1S/C24H32F3N5O4/c25-24(26,27)17-9-16-13-31(2-1-20(16)29-12-17)21(33)23-11-19(28)10-18(23)14-32(15-23)22(34)36-8-5-30-3-6-35-7-4-30/h9,12,18-19H,1-8,10-11,13-15,28H2/t18-,19+,23-/m0/s1. The number of pyridine rings is 1. The summed E-state index contributed by atoms with van der Waals surface area (Å²) in [6.07, 6.45) is -2.64. The molecule has 0 unspecified atom stereocenters. The van der Waals surface area contributed by atoms with Crippen LogP contribution in [0.4, 0.5) is 18.0 Å². The van der Waals surface area contributed by atoms with E-state index in [0.29, 0.717) is 63.4 Å². The molecule has 2 saturated heterocycles. The predicted octanol–water partition coefficient (Wildman–Crippen LogP) is 1.49. The molecule has 1 aromatic heterocycles. The minimum absolute atomic E-state index is 0.0682. The summed E-state index contributed by atoms with van der Waals surface area (Å²) in [7, 11) is 0. The number of carbonyl (C=O) groups excluding carboxylic acids is 2. The normalized spacial score (nSPS) is 28.7. The van der Waals surface area contributed by atoms with E-state index in [9.17, 15) is 22.8 Å². The Balaban J connectivity index is 1.25. The Kier molecular flexibility index (Phi) is 6.86. The molecule has 3 fully saturated rings. The van der Waals surface area contributed by atoms with E-state index in [1.807, 2.05) is 0 Å².